The van der Waals surface area contributed by atoms with Gasteiger partial charge >= 0.3 is 12.0 Å². The first-order valence-electron chi connectivity index (χ1n) is 9.33. The molecule has 0 saturated carbocycles. The van der Waals surface area contributed by atoms with Gasteiger partial charge in [0.2, 0.25) is 5.91 Å². The standard InChI is InChI=1S/C22H21N3O4/c1-13-6-8-15(9-7-13)20-19-17(12-29-21(19)27)25(22(28)24-20)11-18(26)23-16-5-3-4-14(2)10-16/h3-10,20H,11-12H2,1-2H3,(H,23,26)(H,24,28)/t20-/m0/s1. The molecule has 0 radical (unpaired) electrons. The Kier molecular flexibility index (Phi) is 4.80. The van der Waals surface area contributed by atoms with E-state index in [2.05, 4.69) is 10.6 Å². The molecule has 2 N–H and O–H groups in total. The summed E-state index contributed by atoms with van der Waals surface area (Å²) in [6.45, 7) is 3.65. The number of nitrogens with zero attached hydrogens (tertiary/aromatic N) is 1. The summed E-state index contributed by atoms with van der Waals surface area (Å²) >= 11 is 0. The van der Waals surface area contributed by atoms with Crippen molar-refractivity contribution in [3.8, 4) is 0 Å². The van der Waals surface area contributed by atoms with E-state index in [-0.39, 0.29) is 19.1 Å². The van der Waals surface area contributed by atoms with Crippen molar-refractivity contribution in [2.24, 2.45) is 0 Å². The highest BCUT2D eigenvalue weighted by atomic mass is 16.5. The van der Waals surface area contributed by atoms with E-state index in [1.54, 1.807) is 6.07 Å². The quantitative estimate of drug-likeness (QED) is 0.785. The summed E-state index contributed by atoms with van der Waals surface area (Å²) in [5.41, 5.74) is 4.34. The highest BCUT2D eigenvalue weighted by molar-refractivity contribution is 6.00. The molecule has 0 unspecified atom stereocenters. The third kappa shape index (κ3) is 3.71. The van der Waals surface area contributed by atoms with E-state index in [0.717, 1.165) is 16.7 Å². The molecule has 2 aromatic carbocycles. The van der Waals surface area contributed by atoms with Crippen LogP contribution in [0.15, 0.2) is 59.8 Å². The van der Waals surface area contributed by atoms with Gasteiger partial charge in [-0.25, -0.2) is 9.59 Å². The molecule has 2 aliphatic heterocycles. The van der Waals surface area contributed by atoms with E-state index >= 15 is 0 Å². The molecule has 2 heterocycles. The highest BCUT2D eigenvalue weighted by Crippen LogP contribution is 2.35. The van der Waals surface area contributed by atoms with Gasteiger partial charge in [0.1, 0.15) is 13.2 Å². The number of hydrogen-bond donors (Lipinski definition) is 2. The Morgan fingerprint density at radius 3 is 2.62 bits per heavy atom. The first-order valence-corrected chi connectivity index (χ1v) is 9.33. The SMILES string of the molecule is Cc1ccc([C@@H]2NC(=O)N(CC(=O)Nc3cccc(C)c3)C3=C2C(=O)OC3)cc1. The van der Waals surface area contributed by atoms with Crippen LogP contribution < -0.4 is 10.6 Å². The van der Waals surface area contributed by atoms with Gasteiger partial charge in [0, 0.05) is 5.69 Å². The molecule has 0 aliphatic carbocycles. The minimum Gasteiger partial charge on any atom is -0.456 e. The molecule has 4 rings (SSSR count). The number of aryl methyl sites for hydroxylation is 2. The molecular formula is C22H21N3O4. The van der Waals surface area contributed by atoms with E-state index in [0.29, 0.717) is 17.0 Å². The molecule has 0 bridgehead atoms. The number of nitrogens with one attached hydrogen (secondary N) is 2. The van der Waals surface area contributed by atoms with Crippen molar-refractivity contribution in [2.45, 2.75) is 19.9 Å². The molecule has 0 spiro atoms. The molecule has 2 aromatic rings. The number of benzene rings is 2. The van der Waals surface area contributed by atoms with Crippen molar-refractivity contribution in [2.75, 3.05) is 18.5 Å². The number of carbonyl (C=O) groups excluding carboxylic acids is 3. The number of rotatable bonds is 4. The van der Waals surface area contributed by atoms with E-state index in [9.17, 15) is 14.4 Å². The minimum atomic E-state index is -0.593. The second-order valence-corrected chi connectivity index (χ2v) is 7.23. The fourth-order valence-electron chi connectivity index (χ4n) is 3.55. The number of anilines is 1. The minimum absolute atomic E-state index is 0.0261. The molecule has 7 nitrogen and oxygen atoms in total. The molecule has 2 aliphatic rings. The van der Waals surface area contributed by atoms with Crippen LogP contribution in [0.1, 0.15) is 22.7 Å². The zero-order valence-corrected chi connectivity index (χ0v) is 16.2. The first kappa shape index (κ1) is 18.7. The summed E-state index contributed by atoms with van der Waals surface area (Å²) in [4.78, 5) is 38.9. The van der Waals surface area contributed by atoms with Gasteiger partial charge in [-0.15, -0.1) is 0 Å². The average Bonchev–Trinajstić information content (AvgIpc) is 3.06. The number of esters is 1. The summed E-state index contributed by atoms with van der Waals surface area (Å²) in [6, 6.07) is 13.9. The van der Waals surface area contributed by atoms with Gasteiger partial charge in [-0.05, 0) is 37.1 Å². The molecule has 7 heteroatoms. The van der Waals surface area contributed by atoms with Gasteiger partial charge in [-0.2, -0.15) is 0 Å². The largest absolute Gasteiger partial charge is 0.456 e. The van der Waals surface area contributed by atoms with E-state index < -0.39 is 18.0 Å². The van der Waals surface area contributed by atoms with Crippen molar-refractivity contribution < 1.29 is 19.1 Å². The zero-order chi connectivity index (χ0) is 20.5. The Morgan fingerprint density at radius 1 is 1.14 bits per heavy atom. The summed E-state index contributed by atoms with van der Waals surface area (Å²) in [7, 11) is 0. The fraction of sp³-hybridized carbons (Fsp3) is 0.227. The normalized spacial score (nSPS) is 18.3. The fourth-order valence-corrected chi connectivity index (χ4v) is 3.55. The van der Waals surface area contributed by atoms with Gasteiger partial charge in [0.25, 0.3) is 0 Å². The zero-order valence-electron chi connectivity index (χ0n) is 16.2. The Bertz CT molecular complexity index is 1030. The van der Waals surface area contributed by atoms with Crippen LogP contribution in [0, 0.1) is 13.8 Å². The van der Waals surface area contributed by atoms with Crippen molar-refractivity contribution in [1.82, 2.24) is 10.2 Å². The third-order valence-corrected chi connectivity index (χ3v) is 5.01. The number of amides is 3. The Hall–Kier alpha value is -3.61. The van der Waals surface area contributed by atoms with Gasteiger partial charge < -0.3 is 15.4 Å². The Labute approximate surface area is 168 Å². The Morgan fingerprint density at radius 2 is 1.90 bits per heavy atom. The van der Waals surface area contributed by atoms with Gasteiger partial charge in [0.05, 0.1) is 17.3 Å². The molecule has 3 amide bonds. The summed E-state index contributed by atoms with van der Waals surface area (Å²) in [5, 5.41) is 5.61. The van der Waals surface area contributed by atoms with Crippen LogP contribution in [0.5, 0.6) is 0 Å². The van der Waals surface area contributed by atoms with Gasteiger partial charge in [-0.1, -0.05) is 42.0 Å². The van der Waals surface area contributed by atoms with Crippen LogP contribution in [-0.2, 0) is 14.3 Å². The maximum atomic E-state index is 12.8. The molecule has 0 saturated heterocycles. The molecule has 148 valence electrons. The summed E-state index contributed by atoms with van der Waals surface area (Å²) in [6.07, 6.45) is 0. The second kappa shape index (κ2) is 7.43. The molecule has 0 fully saturated rings. The number of ether oxygens (including phenoxy) is 1. The first-order chi connectivity index (χ1) is 13.9. The number of urea groups is 1. The van der Waals surface area contributed by atoms with Crippen LogP contribution in [-0.4, -0.2) is 36.0 Å². The lowest BCUT2D eigenvalue weighted by atomic mass is 9.95. The van der Waals surface area contributed by atoms with Gasteiger partial charge in [-0.3, -0.25) is 9.69 Å². The summed E-state index contributed by atoms with van der Waals surface area (Å²) in [5.74, 6) is -0.833. The molecular weight excluding hydrogens is 370 g/mol. The number of carbonyl (C=O) groups is 3. The van der Waals surface area contributed by atoms with Crippen LogP contribution in [0.3, 0.4) is 0 Å². The van der Waals surface area contributed by atoms with Crippen molar-refractivity contribution >= 4 is 23.6 Å². The van der Waals surface area contributed by atoms with E-state index in [1.165, 1.54) is 4.90 Å². The van der Waals surface area contributed by atoms with Crippen molar-refractivity contribution in [3.63, 3.8) is 0 Å². The maximum Gasteiger partial charge on any atom is 0.338 e. The van der Waals surface area contributed by atoms with E-state index in [4.69, 9.17) is 4.74 Å². The predicted molar refractivity (Wildman–Crippen MR) is 107 cm³/mol. The summed E-state index contributed by atoms with van der Waals surface area (Å²) < 4.78 is 5.19. The van der Waals surface area contributed by atoms with Crippen molar-refractivity contribution in [1.29, 1.82) is 0 Å². The lowest BCUT2D eigenvalue weighted by Gasteiger charge is -2.32. The maximum absolute atomic E-state index is 12.8. The molecule has 1 atom stereocenters. The lowest BCUT2D eigenvalue weighted by Crippen LogP contribution is -2.49. The van der Waals surface area contributed by atoms with Crippen LogP contribution in [0.25, 0.3) is 0 Å². The van der Waals surface area contributed by atoms with Gasteiger partial charge in [0.15, 0.2) is 0 Å². The molecule has 29 heavy (non-hydrogen) atoms. The number of cyclic esters (lactones) is 1. The smallest absolute Gasteiger partial charge is 0.338 e. The lowest BCUT2D eigenvalue weighted by molar-refractivity contribution is -0.136. The topological polar surface area (TPSA) is 87.7 Å². The molecule has 0 aromatic heterocycles. The van der Waals surface area contributed by atoms with Crippen LogP contribution >= 0.6 is 0 Å². The third-order valence-electron chi connectivity index (χ3n) is 5.01. The van der Waals surface area contributed by atoms with E-state index in [1.807, 2.05) is 56.3 Å². The Balaban J connectivity index is 1.59. The average molecular weight is 391 g/mol. The monoisotopic (exact) mass is 391 g/mol. The predicted octanol–water partition coefficient (Wildman–Crippen LogP) is 2.82. The van der Waals surface area contributed by atoms with Crippen LogP contribution in [0.4, 0.5) is 10.5 Å². The number of hydrogen-bond acceptors (Lipinski definition) is 4. The second-order valence-electron chi connectivity index (χ2n) is 7.23. The highest BCUT2D eigenvalue weighted by Gasteiger charge is 2.42. The van der Waals surface area contributed by atoms with Crippen molar-refractivity contribution in [3.05, 3.63) is 76.5 Å². The van der Waals surface area contributed by atoms with Crippen LogP contribution in [0.2, 0.25) is 0 Å².